The van der Waals surface area contributed by atoms with Crippen LogP contribution in [0.25, 0.3) is 0 Å². The maximum atomic E-state index is 12.6. The van der Waals surface area contributed by atoms with E-state index < -0.39 is 0 Å². The summed E-state index contributed by atoms with van der Waals surface area (Å²) in [7, 11) is 0. The minimum Gasteiger partial charge on any atom is -0.301 e. The molecule has 0 amide bonds. The standard InChI is InChI=1S/C16H17N3O2/c1-12-9-14-15(17-10-12)19(16(21)18(14)7-8-20)11-13-5-3-2-4-6-13/h2-6,8,10,12H,7,9,11H2,1H3. The van der Waals surface area contributed by atoms with Crippen LogP contribution in [0, 0.1) is 5.92 Å². The monoisotopic (exact) mass is 283 g/mol. The fourth-order valence-electron chi connectivity index (χ4n) is 2.70. The molecule has 2 aromatic rings. The molecule has 5 nitrogen and oxygen atoms in total. The number of imidazole rings is 1. The largest absolute Gasteiger partial charge is 0.330 e. The fourth-order valence-corrected chi connectivity index (χ4v) is 2.70. The molecule has 2 heterocycles. The topological polar surface area (TPSA) is 56.4 Å². The van der Waals surface area contributed by atoms with Gasteiger partial charge in [-0.05, 0) is 17.9 Å². The Morgan fingerprint density at radius 2 is 2.05 bits per heavy atom. The van der Waals surface area contributed by atoms with Gasteiger partial charge in [-0.3, -0.25) is 9.13 Å². The lowest BCUT2D eigenvalue weighted by atomic mass is 10.0. The highest BCUT2D eigenvalue weighted by Crippen LogP contribution is 2.26. The summed E-state index contributed by atoms with van der Waals surface area (Å²) in [4.78, 5) is 27.8. The third kappa shape index (κ3) is 2.46. The van der Waals surface area contributed by atoms with Gasteiger partial charge in [-0.15, -0.1) is 0 Å². The van der Waals surface area contributed by atoms with Crippen molar-refractivity contribution in [3.63, 3.8) is 0 Å². The Bertz CT molecular complexity index is 741. The summed E-state index contributed by atoms with van der Waals surface area (Å²) in [6.45, 7) is 2.61. The number of hydrogen-bond donors (Lipinski definition) is 0. The lowest BCUT2D eigenvalue weighted by Crippen LogP contribution is -2.26. The Morgan fingerprint density at radius 1 is 1.29 bits per heavy atom. The Hall–Kier alpha value is -2.43. The molecule has 0 saturated carbocycles. The molecule has 0 bridgehead atoms. The molecule has 1 aromatic heterocycles. The molecular weight excluding hydrogens is 266 g/mol. The van der Waals surface area contributed by atoms with E-state index in [-0.39, 0.29) is 18.2 Å². The molecule has 0 aliphatic carbocycles. The molecule has 1 aromatic carbocycles. The highest BCUT2D eigenvalue weighted by Gasteiger charge is 2.23. The predicted molar refractivity (Wildman–Crippen MR) is 81.3 cm³/mol. The normalized spacial score (nSPS) is 16.7. The second-order valence-corrected chi connectivity index (χ2v) is 5.36. The zero-order valence-corrected chi connectivity index (χ0v) is 11.9. The van der Waals surface area contributed by atoms with Crippen LogP contribution in [0.5, 0.6) is 0 Å². The maximum Gasteiger partial charge on any atom is 0.330 e. The minimum absolute atomic E-state index is 0.0885. The summed E-state index contributed by atoms with van der Waals surface area (Å²) >= 11 is 0. The molecule has 5 heteroatoms. The van der Waals surface area contributed by atoms with E-state index in [1.165, 1.54) is 4.57 Å². The first kappa shape index (κ1) is 13.5. The van der Waals surface area contributed by atoms with Crippen molar-refractivity contribution in [1.82, 2.24) is 9.13 Å². The van der Waals surface area contributed by atoms with Gasteiger partial charge in [-0.2, -0.15) is 0 Å². The van der Waals surface area contributed by atoms with Crippen LogP contribution >= 0.6 is 0 Å². The lowest BCUT2D eigenvalue weighted by molar-refractivity contribution is -0.108. The molecule has 0 fully saturated rings. The van der Waals surface area contributed by atoms with Crippen molar-refractivity contribution in [2.45, 2.75) is 26.4 Å². The predicted octanol–water partition coefficient (Wildman–Crippen LogP) is 1.79. The van der Waals surface area contributed by atoms with Gasteiger partial charge in [0, 0.05) is 6.21 Å². The smallest absolute Gasteiger partial charge is 0.301 e. The van der Waals surface area contributed by atoms with Crippen molar-refractivity contribution in [1.29, 1.82) is 0 Å². The molecule has 1 atom stereocenters. The van der Waals surface area contributed by atoms with Crippen LogP contribution < -0.4 is 5.69 Å². The Labute approximate surface area is 122 Å². The molecule has 0 N–H and O–H groups in total. The van der Waals surface area contributed by atoms with Crippen LogP contribution in [-0.4, -0.2) is 21.6 Å². The summed E-state index contributed by atoms with van der Waals surface area (Å²) < 4.78 is 3.19. The van der Waals surface area contributed by atoms with Crippen molar-refractivity contribution >= 4 is 18.3 Å². The van der Waals surface area contributed by atoms with Crippen molar-refractivity contribution in [2.24, 2.45) is 10.9 Å². The van der Waals surface area contributed by atoms with Crippen LogP contribution in [-0.2, 0) is 24.3 Å². The van der Waals surface area contributed by atoms with Crippen LogP contribution in [0.3, 0.4) is 0 Å². The van der Waals surface area contributed by atoms with E-state index in [9.17, 15) is 9.59 Å². The van der Waals surface area contributed by atoms with Crippen molar-refractivity contribution in [3.8, 4) is 0 Å². The number of aromatic nitrogens is 2. The van der Waals surface area contributed by atoms with E-state index in [0.29, 0.717) is 12.4 Å². The van der Waals surface area contributed by atoms with Gasteiger partial charge in [-0.1, -0.05) is 37.3 Å². The van der Waals surface area contributed by atoms with Gasteiger partial charge in [0.05, 0.1) is 18.8 Å². The van der Waals surface area contributed by atoms with Crippen LogP contribution in [0.15, 0.2) is 40.1 Å². The summed E-state index contributed by atoms with van der Waals surface area (Å²) in [5.41, 5.74) is 1.74. The van der Waals surface area contributed by atoms with Crippen LogP contribution in [0.2, 0.25) is 0 Å². The number of benzene rings is 1. The highest BCUT2D eigenvalue weighted by molar-refractivity contribution is 5.69. The first-order valence-electron chi connectivity index (χ1n) is 7.04. The van der Waals surface area contributed by atoms with Crippen LogP contribution in [0.1, 0.15) is 18.2 Å². The number of fused-ring (bicyclic) bond motifs is 1. The third-order valence-electron chi connectivity index (χ3n) is 3.71. The highest BCUT2D eigenvalue weighted by atomic mass is 16.2. The van der Waals surface area contributed by atoms with E-state index in [0.717, 1.165) is 24.0 Å². The number of hydrogen-bond acceptors (Lipinski definition) is 3. The number of carbonyl (C=O) groups excluding carboxylic acids is 1. The maximum absolute atomic E-state index is 12.6. The molecular formula is C16H17N3O2. The van der Waals surface area contributed by atoms with Gasteiger partial charge in [0.15, 0.2) is 5.82 Å². The molecule has 0 spiro atoms. The summed E-state index contributed by atoms with van der Waals surface area (Å²) in [6, 6.07) is 9.79. The molecule has 0 radical (unpaired) electrons. The van der Waals surface area contributed by atoms with Crippen LogP contribution in [0.4, 0.5) is 5.82 Å². The molecule has 21 heavy (non-hydrogen) atoms. The SMILES string of the molecule is CC1C=Nc2c(n(CC=O)c(=O)n2Cc2ccccc2)C1. The second kappa shape index (κ2) is 5.52. The van der Waals surface area contributed by atoms with Crippen molar-refractivity contribution in [2.75, 3.05) is 0 Å². The number of rotatable bonds is 4. The summed E-state index contributed by atoms with van der Waals surface area (Å²) in [6.07, 6.45) is 3.37. The molecule has 1 aliphatic rings. The number of nitrogens with zero attached hydrogens (tertiary/aromatic N) is 3. The number of aldehydes is 1. The quantitative estimate of drug-likeness (QED) is 0.803. The molecule has 3 rings (SSSR count). The van der Waals surface area contributed by atoms with Gasteiger partial charge in [0.25, 0.3) is 0 Å². The summed E-state index contributed by atoms with van der Waals surface area (Å²) in [5, 5.41) is 0. The molecule has 108 valence electrons. The van der Waals surface area contributed by atoms with E-state index in [4.69, 9.17) is 0 Å². The van der Waals surface area contributed by atoms with Gasteiger partial charge in [0.1, 0.15) is 6.29 Å². The average molecular weight is 283 g/mol. The number of aliphatic imine (C=N–C) groups is 1. The zero-order valence-electron chi connectivity index (χ0n) is 11.9. The van der Waals surface area contributed by atoms with Gasteiger partial charge < -0.3 is 4.79 Å². The molecule has 1 aliphatic heterocycles. The molecule has 0 saturated heterocycles. The van der Waals surface area contributed by atoms with Crippen molar-refractivity contribution in [3.05, 3.63) is 52.1 Å². The second-order valence-electron chi connectivity index (χ2n) is 5.36. The molecule has 1 unspecified atom stereocenters. The lowest BCUT2D eigenvalue weighted by Gasteiger charge is -2.13. The van der Waals surface area contributed by atoms with Gasteiger partial charge in [-0.25, -0.2) is 9.79 Å². The third-order valence-corrected chi connectivity index (χ3v) is 3.71. The van der Waals surface area contributed by atoms with E-state index in [1.807, 2.05) is 36.5 Å². The fraction of sp³-hybridized carbons (Fsp3) is 0.312. The number of carbonyl (C=O) groups is 1. The first-order valence-corrected chi connectivity index (χ1v) is 7.04. The Kier molecular flexibility index (Phi) is 3.56. The van der Waals surface area contributed by atoms with E-state index >= 15 is 0 Å². The summed E-state index contributed by atoms with van der Waals surface area (Å²) in [5.74, 6) is 0.964. The van der Waals surface area contributed by atoms with E-state index in [1.54, 1.807) is 4.57 Å². The zero-order chi connectivity index (χ0) is 14.8. The van der Waals surface area contributed by atoms with Gasteiger partial charge in [0.2, 0.25) is 0 Å². The van der Waals surface area contributed by atoms with E-state index in [2.05, 4.69) is 11.9 Å². The van der Waals surface area contributed by atoms with Gasteiger partial charge >= 0.3 is 5.69 Å². The minimum atomic E-state index is -0.165. The first-order chi connectivity index (χ1) is 10.2. The van der Waals surface area contributed by atoms with Crippen molar-refractivity contribution < 1.29 is 4.79 Å². The Morgan fingerprint density at radius 3 is 2.76 bits per heavy atom. The average Bonchev–Trinajstić information content (AvgIpc) is 2.74. The Balaban J connectivity index is 2.09.